The molecule has 0 atom stereocenters. The molecule has 0 aliphatic rings. The van der Waals surface area contributed by atoms with Gasteiger partial charge in [-0.3, -0.25) is 10.4 Å². The van der Waals surface area contributed by atoms with Crippen molar-refractivity contribution in [1.82, 2.24) is 4.98 Å². The van der Waals surface area contributed by atoms with Gasteiger partial charge in [-0.25, -0.2) is 0 Å². The Balaban J connectivity index is 1.97. The Morgan fingerprint density at radius 3 is 2.44 bits per heavy atom. The lowest BCUT2D eigenvalue weighted by Gasteiger charge is -1.99. The highest BCUT2D eigenvalue weighted by molar-refractivity contribution is 6.30. The summed E-state index contributed by atoms with van der Waals surface area (Å²) in [6.45, 7) is 0. The molecule has 0 aliphatic carbocycles. The summed E-state index contributed by atoms with van der Waals surface area (Å²) in [5.74, 6) is 0. The van der Waals surface area contributed by atoms with E-state index in [0.29, 0.717) is 5.02 Å². The lowest BCUT2D eigenvalue weighted by atomic mass is 10.3. The van der Waals surface area contributed by atoms with Crippen LogP contribution in [0.2, 0.25) is 5.02 Å². The molecule has 3 nitrogen and oxygen atoms in total. The third kappa shape index (κ3) is 3.07. The predicted molar refractivity (Wildman–Crippen MR) is 66.9 cm³/mol. The van der Waals surface area contributed by atoms with Crippen molar-refractivity contribution in [2.45, 2.75) is 0 Å². The predicted octanol–water partition coefficient (Wildman–Crippen LogP) is 3.18. The van der Waals surface area contributed by atoms with Gasteiger partial charge in [0, 0.05) is 17.4 Å². The Labute approximate surface area is 98.8 Å². The monoisotopic (exact) mass is 231 g/mol. The molecular weight excluding hydrogens is 222 g/mol. The first kappa shape index (κ1) is 10.6. The number of pyridine rings is 1. The zero-order valence-corrected chi connectivity index (χ0v) is 9.22. The van der Waals surface area contributed by atoms with Crippen LogP contribution in [0.1, 0.15) is 5.56 Å². The Bertz CT molecular complexity index is 465. The zero-order chi connectivity index (χ0) is 11.2. The number of hydrazone groups is 1. The van der Waals surface area contributed by atoms with Gasteiger partial charge in [0.25, 0.3) is 0 Å². The second-order valence-corrected chi connectivity index (χ2v) is 3.59. The molecule has 0 saturated heterocycles. The third-order valence-corrected chi connectivity index (χ3v) is 2.21. The van der Waals surface area contributed by atoms with E-state index in [1.165, 1.54) is 0 Å². The molecule has 1 heterocycles. The van der Waals surface area contributed by atoms with Crippen LogP contribution in [0.25, 0.3) is 0 Å². The largest absolute Gasteiger partial charge is 0.279 e. The second-order valence-electron chi connectivity index (χ2n) is 3.16. The fourth-order valence-electron chi connectivity index (χ4n) is 1.16. The summed E-state index contributed by atoms with van der Waals surface area (Å²) in [7, 11) is 0. The van der Waals surface area contributed by atoms with Gasteiger partial charge in [-0.15, -0.1) is 0 Å². The van der Waals surface area contributed by atoms with Crippen LogP contribution in [0.5, 0.6) is 0 Å². The normalized spacial score (nSPS) is 10.6. The van der Waals surface area contributed by atoms with Crippen LogP contribution < -0.4 is 5.43 Å². The third-order valence-electron chi connectivity index (χ3n) is 1.96. The van der Waals surface area contributed by atoms with E-state index in [2.05, 4.69) is 15.5 Å². The van der Waals surface area contributed by atoms with Crippen LogP contribution in [0.4, 0.5) is 5.69 Å². The number of aromatic nitrogens is 1. The first-order chi connectivity index (χ1) is 7.84. The highest BCUT2D eigenvalue weighted by atomic mass is 35.5. The first-order valence-corrected chi connectivity index (χ1v) is 5.17. The maximum Gasteiger partial charge on any atom is 0.0562 e. The fraction of sp³-hybridized carbons (Fsp3) is 0. The number of benzene rings is 1. The van der Waals surface area contributed by atoms with Crippen molar-refractivity contribution in [1.29, 1.82) is 0 Å². The van der Waals surface area contributed by atoms with E-state index in [1.54, 1.807) is 18.6 Å². The molecule has 1 aromatic heterocycles. The van der Waals surface area contributed by atoms with E-state index in [9.17, 15) is 0 Å². The smallest absolute Gasteiger partial charge is 0.0562 e. The minimum atomic E-state index is 0.712. The number of hydrogen-bond donors (Lipinski definition) is 1. The van der Waals surface area contributed by atoms with Crippen molar-refractivity contribution in [2.75, 3.05) is 5.43 Å². The fourth-order valence-corrected chi connectivity index (χ4v) is 1.28. The highest BCUT2D eigenvalue weighted by Gasteiger charge is 1.89. The molecule has 0 saturated carbocycles. The number of nitrogens with one attached hydrogen (secondary N) is 1. The van der Waals surface area contributed by atoms with Crippen LogP contribution >= 0.6 is 11.6 Å². The molecule has 1 N–H and O–H groups in total. The summed E-state index contributed by atoms with van der Waals surface area (Å²) in [6, 6.07) is 11.1. The van der Waals surface area contributed by atoms with Gasteiger partial charge < -0.3 is 0 Å². The summed E-state index contributed by atoms with van der Waals surface area (Å²) >= 11 is 5.77. The Morgan fingerprint density at radius 1 is 1.06 bits per heavy atom. The molecule has 0 radical (unpaired) electrons. The van der Waals surface area contributed by atoms with Gasteiger partial charge in [-0.1, -0.05) is 11.6 Å². The van der Waals surface area contributed by atoms with Crippen molar-refractivity contribution in [2.24, 2.45) is 5.10 Å². The van der Waals surface area contributed by atoms with Gasteiger partial charge in [0.15, 0.2) is 0 Å². The molecule has 0 bridgehead atoms. The molecule has 2 rings (SSSR count). The van der Waals surface area contributed by atoms with Crippen LogP contribution in [0, 0.1) is 0 Å². The standard InChI is InChI=1S/C12H10ClN3/c13-11-1-3-12(4-2-11)16-15-9-10-5-7-14-8-6-10/h1-9,16H/b15-9-. The summed E-state index contributed by atoms with van der Waals surface area (Å²) < 4.78 is 0. The molecule has 1 aromatic carbocycles. The number of hydrogen-bond acceptors (Lipinski definition) is 3. The Morgan fingerprint density at radius 2 is 1.75 bits per heavy atom. The first-order valence-electron chi connectivity index (χ1n) is 4.79. The average molecular weight is 232 g/mol. The van der Waals surface area contributed by atoms with Crippen molar-refractivity contribution in [3.05, 3.63) is 59.4 Å². The van der Waals surface area contributed by atoms with Gasteiger partial charge in [0.2, 0.25) is 0 Å². The van der Waals surface area contributed by atoms with E-state index < -0.39 is 0 Å². The average Bonchev–Trinajstić information content (AvgIpc) is 2.33. The van der Waals surface area contributed by atoms with Gasteiger partial charge in [-0.2, -0.15) is 5.10 Å². The van der Waals surface area contributed by atoms with E-state index in [0.717, 1.165) is 11.3 Å². The number of rotatable bonds is 3. The van der Waals surface area contributed by atoms with E-state index in [-0.39, 0.29) is 0 Å². The van der Waals surface area contributed by atoms with Crippen molar-refractivity contribution in [3.8, 4) is 0 Å². The lowest BCUT2D eigenvalue weighted by Crippen LogP contribution is -1.90. The maximum absolute atomic E-state index is 5.77. The van der Waals surface area contributed by atoms with Crippen molar-refractivity contribution >= 4 is 23.5 Å². The molecule has 0 unspecified atom stereocenters. The van der Waals surface area contributed by atoms with Gasteiger partial charge in [0.1, 0.15) is 0 Å². The van der Waals surface area contributed by atoms with Crippen LogP contribution in [0.15, 0.2) is 53.9 Å². The van der Waals surface area contributed by atoms with Crippen molar-refractivity contribution < 1.29 is 0 Å². The molecule has 0 fully saturated rings. The SMILES string of the molecule is Clc1ccc(N/N=C\c2ccncc2)cc1. The highest BCUT2D eigenvalue weighted by Crippen LogP contribution is 2.12. The number of halogens is 1. The van der Waals surface area contributed by atoms with Gasteiger partial charge >= 0.3 is 0 Å². The summed E-state index contributed by atoms with van der Waals surface area (Å²) in [5.41, 5.74) is 4.81. The number of nitrogens with zero attached hydrogens (tertiary/aromatic N) is 2. The molecule has 0 spiro atoms. The second kappa shape index (κ2) is 5.28. The summed E-state index contributed by atoms with van der Waals surface area (Å²) in [6.07, 6.45) is 5.18. The van der Waals surface area contributed by atoms with E-state index >= 15 is 0 Å². The minimum absolute atomic E-state index is 0.712. The maximum atomic E-state index is 5.77. The summed E-state index contributed by atoms with van der Waals surface area (Å²) in [4.78, 5) is 3.92. The van der Waals surface area contributed by atoms with Gasteiger partial charge in [0.05, 0.1) is 11.9 Å². The van der Waals surface area contributed by atoms with Gasteiger partial charge in [-0.05, 0) is 42.0 Å². The molecule has 0 amide bonds. The minimum Gasteiger partial charge on any atom is -0.279 e. The quantitative estimate of drug-likeness (QED) is 0.651. The topological polar surface area (TPSA) is 37.3 Å². The zero-order valence-electron chi connectivity index (χ0n) is 8.47. The molecule has 2 aromatic rings. The molecule has 0 aliphatic heterocycles. The molecular formula is C12H10ClN3. The van der Waals surface area contributed by atoms with E-state index in [1.807, 2.05) is 36.4 Å². The van der Waals surface area contributed by atoms with Crippen molar-refractivity contribution in [3.63, 3.8) is 0 Å². The van der Waals surface area contributed by atoms with Crippen LogP contribution in [-0.2, 0) is 0 Å². The Kier molecular flexibility index (Phi) is 3.51. The number of anilines is 1. The van der Waals surface area contributed by atoms with E-state index in [4.69, 9.17) is 11.6 Å². The lowest BCUT2D eigenvalue weighted by molar-refractivity contribution is 1.31. The Hall–Kier alpha value is -1.87. The summed E-state index contributed by atoms with van der Waals surface area (Å²) in [5, 5.41) is 4.81. The molecule has 4 heteroatoms. The van der Waals surface area contributed by atoms with Crippen LogP contribution in [0.3, 0.4) is 0 Å². The molecule has 16 heavy (non-hydrogen) atoms. The molecule has 80 valence electrons. The van der Waals surface area contributed by atoms with Crippen LogP contribution in [-0.4, -0.2) is 11.2 Å².